The molecule has 0 saturated heterocycles. The number of halogens is 2. The third-order valence-corrected chi connectivity index (χ3v) is 3.13. The molecule has 1 heterocycles. The van der Waals surface area contributed by atoms with Gasteiger partial charge in [-0.25, -0.2) is 14.4 Å². The molecule has 1 N–H and O–H groups in total. The molecule has 0 unspecified atom stereocenters. The zero-order valence-electron chi connectivity index (χ0n) is 10.7. The number of nitrogens with zero attached hydrogens (tertiary/aromatic N) is 2. The fourth-order valence-electron chi connectivity index (χ4n) is 1.93. The Bertz CT molecular complexity index is 789. The second-order valence-electron chi connectivity index (χ2n) is 4.49. The number of nitrogens with one attached hydrogen (secondary N) is 1. The van der Waals surface area contributed by atoms with Crippen LogP contribution in [-0.4, -0.2) is 9.97 Å². The molecule has 3 aromatic rings. The normalized spacial score (nSPS) is 10.8. The molecule has 0 atom stereocenters. The summed E-state index contributed by atoms with van der Waals surface area (Å²) in [6, 6.07) is 11.9. The van der Waals surface area contributed by atoms with Gasteiger partial charge in [-0.1, -0.05) is 23.7 Å². The van der Waals surface area contributed by atoms with Gasteiger partial charge in [0, 0.05) is 5.69 Å². The van der Waals surface area contributed by atoms with Crippen molar-refractivity contribution in [2.75, 3.05) is 5.32 Å². The summed E-state index contributed by atoms with van der Waals surface area (Å²) in [6.45, 7) is 1.98. The number of aromatic nitrogens is 2. The van der Waals surface area contributed by atoms with Crippen molar-refractivity contribution in [3.63, 3.8) is 0 Å². The molecule has 3 rings (SSSR count). The molecule has 0 fully saturated rings. The van der Waals surface area contributed by atoms with Gasteiger partial charge in [-0.2, -0.15) is 0 Å². The van der Waals surface area contributed by atoms with Crippen molar-refractivity contribution >= 4 is 34.1 Å². The van der Waals surface area contributed by atoms with E-state index in [2.05, 4.69) is 15.3 Å². The predicted octanol–water partition coefficient (Wildman–Crippen LogP) is 4.47. The highest BCUT2D eigenvalue weighted by Gasteiger charge is 2.07. The van der Waals surface area contributed by atoms with Crippen LogP contribution < -0.4 is 5.32 Å². The number of benzene rings is 2. The smallest absolute Gasteiger partial charge is 0.172 e. The first-order valence-corrected chi connectivity index (χ1v) is 6.46. The van der Waals surface area contributed by atoms with Crippen LogP contribution in [0.3, 0.4) is 0 Å². The Morgan fingerprint density at radius 3 is 2.70 bits per heavy atom. The first-order valence-electron chi connectivity index (χ1n) is 6.08. The van der Waals surface area contributed by atoms with E-state index in [0.29, 0.717) is 11.5 Å². The van der Waals surface area contributed by atoms with Gasteiger partial charge in [-0.15, -0.1) is 0 Å². The van der Waals surface area contributed by atoms with Gasteiger partial charge in [0.25, 0.3) is 0 Å². The fraction of sp³-hybridized carbons (Fsp3) is 0.0667. The molecule has 2 aromatic carbocycles. The topological polar surface area (TPSA) is 37.8 Å². The maximum absolute atomic E-state index is 13.2. The molecule has 0 radical (unpaired) electrons. The van der Waals surface area contributed by atoms with Gasteiger partial charge >= 0.3 is 0 Å². The first kappa shape index (κ1) is 12.8. The largest absolute Gasteiger partial charge is 0.338 e. The minimum atomic E-state index is -0.323. The highest BCUT2D eigenvalue weighted by molar-refractivity contribution is 6.32. The predicted molar refractivity (Wildman–Crippen MR) is 79.0 cm³/mol. The van der Waals surface area contributed by atoms with Crippen LogP contribution in [-0.2, 0) is 0 Å². The third-order valence-electron chi connectivity index (χ3n) is 2.86. The highest BCUT2D eigenvalue weighted by atomic mass is 35.5. The Hall–Kier alpha value is -2.20. The second-order valence-corrected chi connectivity index (χ2v) is 4.85. The van der Waals surface area contributed by atoms with Crippen molar-refractivity contribution in [2.24, 2.45) is 0 Å². The zero-order chi connectivity index (χ0) is 14.1. The quantitative estimate of drug-likeness (QED) is 0.755. The second kappa shape index (κ2) is 5.06. The van der Waals surface area contributed by atoms with E-state index in [1.165, 1.54) is 12.1 Å². The summed E-state index contributed by atoms with van der Waals surface area (Å²) < 4.78 is 13.2. The molecule has 5 heteroatoms. The van der Waals surface area contributed by atoms with Gasteiger partial charge < -0.3 is 5.32 Å². The first-order chi connectivity index (χ1) is 9.61. The Morgan fingerprint density at radius 1 is 1.05 bits per heavy atom. The fourth-order valence-corrected chi connectivity index (χ4v) is 2.11. The van der Waals surface area contributed by atoms with E-state index in [1.54, 1.807) is 12.1 Å². The molecule has 1 aromatic heterocycles. The number of hydrogen-bond donors (Lipinski definition) is 1. The lowest BCUT2D eigenvalue weighted by atomic mass is 10.2. The molecule has 100 valence electrons. The maximum atomic E-state index is 13.2. The number of fused-ring (bicyclic) bond motifs is 1. The molecule has 0 bridgehead atoms. The van der Waals surface area contributed by atoms with Crippen LogP contribution in [0, 0.1) is 12.7 Å². The standard InChI is InChI=1S/C15H11ClFN3/c1-9-5-6-12-13(7-9)20-15(14(16)19-12)18-11-4-2-3-10(17)8-11/h2-8H,1H3,(H,18,20). The van der Waals surface area contributed by atoms with Gasteiger partial charge in [0.1, 0.15) is 5.82 Å². The van der Waals surface area contributed by atoms with Crippen molar-refractivity contribution in [3.05, 3.63) is 59.0 Å². The van der Waals surface area contributed by atoms with Crippen LogP contribution in [0.15, 0.2) is 42.5 Å². The average molecular weight is 288 g/mol. The molecule has 0 aliphatic carbocycles. The van der Waals surface area contributed by atoms with Crippen LogP contribution in [0.5, 0.6) is 0 Å². The van der Waals surface area contributed by atoms with Crippen LogP contribution >= 0.6 is 11.6 Å². The Kier molecular flexibility index (Phi) is 3.24. The summed E-state index contributed by atoms with van der Waals surface area (Å²) in [5.74, 6) is 0.0890. The number of anilines is 2. The van der Waals surface area contributed by atoms with Crippen molar-refractivity contribution in [3.8, 4) is 0 Å². The number of aryl methyl sites for hydroxylation is 1. The van der Waals surface area contributed by atoms with E-state index in [4.69, 9.17) is 11.6 Å². The van der Waals surface area contributed by atoms with Gasteiger partial charge in [0.2, 0.25) is 0 Å². The van der Waals surface area contributed by atoms with E-state index in [-0.39, 0.29) is 11.0 Å². The summed E-state index contributed by atoms with van der Waals surface area (Å²) in [6.07, 6.45) is 0. The Labute approximate surface area is 120 Å². The summed E-state index contributed by atoms with van der Waals surface area (Å²) in [5.41, 5.74) is 3.14. The van der Waals surface area contributed by atoms with Crippen LogP contribution in [0.4, 0.5) is 15.9 Å². The minimum absolute atomic E-state index is 0.255. The molecular weight excluding hydrogens is 277 g/mol. The van der Waals surface area contributed by atoms with Gasteiger partial charge in [0.15, 0.2) is 11.0 Å². The van der Waals surface area contributed by atoms with Crippen molar-refractivity contribution in [1.82, 2.24) is 9.97 Å². The summed E-state index contributed by atoms with van der Waals surface area (Å²) in [7, 11) is 0. The van der Waals surface area contributed by atoms with Crippen molar-refractivity contribution < 1.29 is 4.39 Å². The molecule has 20 heavy (non-hydrogen) atoms. The molecule has 0 spiro atoms. The minimum Gasteiger partial charge on any atom is -0.338 e. The monoisotopic (exact) mass is 287 g/mol. The van der Waals surface area contributed by atoms with Gasteiger partial charge in [-0.3, -0.25) is 0 Å². The Morgan fingerprint density at radius 2 is 1.90 bits per heavy atom. The maximum Gasteiger partial charge on any atom is 0.172 e. The van der Waals surface area contributed by atoms with Gasteiger partial charge in [-0.05, 0) is 42.8 Å². The SMILES string of the molecule is Cc1ccc2nc(Cl)c(Nc3cccc(F)c3)nc2c1. The van der Waals surface area contributed by atoms with E-state index < -0.39 is 0 Å². The molecule has 0 aliphatic heterocycles. The van der Waals surface area contributed by atoms with Crippen LogP contribution in [0.1, 0.15) is 5.56 Å². The lowest BCUT2D eigenvalue weighted by molar-refractivity contribution is 0.628. The van der Waals surface area contributed by atoms with E-state index in [0.717, 1.165) is 16.6 Å². The van der Waals surface area contributed by atoms with E-state index in [9.17, 15) is 4.39 Å². The summed E-state index contributed by atoms with van der Waals surface area (Å²) in [5, 5.41) is 3.23. The number of hydrogen-bond acceptors (Lipinski definition) is 3. The lowest BCUT2D eigenvalue weighted by Gasteiger charge is -2.08. The molecule has 0 amide bonds. The van der Waals surface area contributed by atoms with E-state index in [1.807, 2.05) is 25.1 Å². The van der Waals surface area contributed by atoms with Crippen molar-refractivity contribution in [2.45, 2.75) is 6.92 Å². The third kappa shape index (κ3) is 2.56. The number of rotatable bonds is 2. The summed E-state index contributed by atoms with van der Waals surface area (Å²) >= 11 is 6.10. The average Bonchev–Trinajstić information content (AvgIpc) is 2.40. The zero-order valence-corrected chi connectivity index (χ0v) is 11.4. The molecule has 0 aliphatic rings. The molecule has 0 saturated carbocycles. The highest BCUT2D eigenvalue weighted by Crippen LogP contribution is 2.25. The van der Waals surface area contributed by atoms with Crippen LogP contribution in [0.25, 0.3) is 11.0 Å². The molecular formula is C15H11ClFN3. The van der Waals surface area contributed by atoms with Crippen molar-refractivity contribution in [1.29, 1.82) is 0 Å². The summed E-state index contributed by atoms with van der Waals surface area (Å²) in [4.78, 5) is 8.71. The van der Waals surface area contributed by atoms with Gasteiger partial charge in [0.05, 0.1) is 11.0 Å². The van der Waals surface area contributed by atoms with Crippen LogP contribution in [0.2, 0.25) is 5.15 Å². The molecule has 3 nitrogen and oxygen atoms in total. The Balaban J connectivity index is 2.04. The lowest BCUT2D eigenvalue weighted by Crippen LogP contribution is -1.98. The van der Waals surface area contributed by atoms with E-state index >= 15 is 0 Å².